The first-order chi connectivity index (χ1) is 7.70. The molecule has 0 aliphatic carbocycles. The molecular formula is C11H10N2O2S. The van der Waals surface area contributed by atoms with Crippen LogP contribution in [0.15, 0.2) is 23.1 Å². The maximum atomic E-state index is 11.4. The molecule has 1 heterocycles. The van der Waals surface area contributed by atoms with Gasteiger partial charge in [-0.2, -0.15) is 5.26 Å². The number of thioether (sulfide) groups is 1. The first kappa shape index (κ1) is 10.8. The van der Waals surface area contributed by atoms with Gasteiger partial charge in [0, 0.05) is 4.90 Å². The van der Waals surface area contributed by atoms with E-state index in [0.717, 1.165) is 4.90 Å². The smallest absolute Gasteiger partial charge is 0.265 e. The number of fused-ring (bicyclic) bond motifs is 1. The molecule has 16 heavy (non-hydrogen) atoms. The molecule has 0 saturated carbocycles. The molecule has 1 atom stereocenters. The van der Waals surface area contributed by atoms with Crippen molar-refractivity contribution in [1.82, 2.24) is 0 Å². The zero-order valence-corrected chi connectivity index (χ0v) is 9.50. The lowest BCUT2D eigenvalue weighted by molar-refractivity contribution is -0.122. The van der Waals surface area contributed by atoms with Crippen molar-refractivity contribution in [1.29, 1.82) is 5.26 Å². The summed E-state index contributed by atoms with van der Waals surface area (Å²) < 4.78 is 5.42. The minimum absolute atomic E-state index is 0.144. The summed E-state index contributed by atoms with van der Waals surface area (Å²) in [6.07, 6.45) is -0.454. The van der Waals surface area contributed by atoms with Crippen molar-refractivity contribution in [2.24, 2.45) is 0 Å². The molecule has 0 saturated heterocycles. The molecule has 1 N–H and O–H groups in total. The molecule has 0 spiro atoms. The fraction of sp³-hybridized carbons (Fsp3) is 0.273. The third-order valence-electron chi connectivity index (χ3n) is 2.19. The Labute approximate surface area is 97.6 Å². The number of rotatable bonds is 2. The molecule has 0 radical (unpaired) electrons. The van der Waals surface area contributed by atoms with E-state index in [1.807, 2.05) is 18.2 Å². The van der Waals surface area contributed by atoms with Crippen LogP contribution >= 0.6 is 11.8 Å². The molecule has 1 aromatic carbocycles. The Morgan fingerprint density at radius 2 is 2.44 bits per heavy atom. The van der Waals surface area contributed by atoms with Crippen LogP contribution in [-0.4, -0.2) is 17.8 Å². The summed E-state index contributed by atoms with van der Waals surface area (Å²) in [5.41, 5.74) is 0.672. The standard InChI is InChI=1S/C11H10N2O2S/c1-7-11(14)13-9-6-8(16-5-4-12)2-3-10(9)15-7/h2-3,6-7H,5H2,1H3,(H,13,14). The molecular weight excluding hydrogens is 224 g/mol. The molecule has 0 bridgehead atoms. The van der Waals surface area contributed by atoms with Crippen molar-refractivity contribution in [2.75, 3.05) is 11.1 Å². The Bertz CT molecular complexity index is 468. The van der Waals surface area contributed by atoms with Crippen LogP contribution in [0.25, 0.3) is 0 Å². The minimum atomic E-state index is -0.454. The maximum absolute atomic E-state index is 11.4. The van der Waals surface area contributed by atoms with Crippen molar-refractivity contribution >= 4 is 23.4 Å². The van der Waals surface area contributed by atoms with Crippen LogP contribution in [-0.2, 0) is 4.79 Å². The van der Waals surface area contributed by atoms with E-state index >= 15 is 0 Å². The van der Waals surface area contributed by atoms with E-state index in [1.165, 1.54) is 11.8 Å². The van der Waals surface area contributed by atoms with E-state index in [2.05, 4.69) is 11.4 Å². The topological polar surface area (TPSA) is 62.1 Å². The van der Waals surface area contributed by atoms with Gasteiger partial charge in [-0.25, -0.2) is 0 Å². The van der Waals surface area contributed by atoms with Gasteiger partial charge in [-0.15, -0.1) is 11.8 Å². The summed E-state index contributed by atoms with van der Waals surface area (Å²) in [4.78, 5) is 12.3. The predicted molar refractivity (Wildman–Crippen MR) is 61.5 cm³/mol. The lowest BCUT2D eigenvalue weighted by atomic mass is 10.2. The van der Waals surface area contributed by atoms with Crippen LogP contribution in [0.2, 0.25) is 0 Å². The first-order valence-corrected chi connectivity index (χ1v) is 5.80. The van der Waals surface area contributed by atoms with Crippen LogP contribution in [0.3, 0.4) is 0 Å². The Morgan fingerprint density at radius 3 is 3.19 bits per heavy atom. The number of amides is 1. The Balaban J connectivity index is 2.23. The molecule has 1 unspecified atom stereocenters. The quantitative estimate of drug-likeness (QED) is 0.795. The second kappa shape index (κ2) is 4.45. The second-order valence-corrected chi connectivity index (χ2v) is 4.40. The molecule has 4 nitrogen and oxygen atoms in total. The van der Waals surface area contributed by atoms with Crippen molar-refractivity contribution in [2.45, 2.75) is 17.9 Å². The third kappa shape index (κ3) is 2.12. The van der Waals surface area contributed by atoms with Crippen LogP contribution in [0, 0.1) is 11.3 Å². The summed E-state index contributed by atoms with van der Waals surface area (Å²) >= 11 is 1.43. The largest absolute Gasteiger partial charge is 0.479 e. The Hall–Kier alpha value is -1.67. The van der Waals surface area contributed by atoms with Gasteiger partial charge in [0.1, 0.15) is 5.75 Å². The SMILES string of the molecule is CC1Oc2ccc(SCC#N)cc2NC1=O. The lowest BCUT2D eigenvalue weighted by Gasteiger charge is -2.23. The highest BCUT2D eigenvalue weighted by molar-refractivity contribution is 7.99. The predicted octanol–water partition coefficient (Wildman–Crippen LogP) is 2.02. The number of anilines is 1. The van der Waals surface area contributed by atoms with Gasteiger partial charge < -0.3 is 10.1 Å². The molecule has 1 aromatic rings. The number of benzene rings is 1. The van der Waals surface area contributed by atoms with Crippen molar-refractivity contribution in [3.63, 3.8) is 0 Å². The van der Waals surface area contributed by atoms with Crippen LogP contribution in [0.4, 0.5) is 5.69 Å². The highest BCUT2D eigenvalue weighted by atomic mass is 32.2. The van der Waals surface area contributed by atoms with Gasteiger partial charge in [0.05, 0.1) is 17.5 Å². The average molecular weight is 234 g/mol. The zero-order valence-electron chi connectivity index (χ0n) is 8.69. The summed E-state index contributed by atoms with van der Waals surface area (Å²) in [7, 11) is 0. The molecule has 2 rings (SSSR count). The van der Waals surface area contributed by atoms with Crippen LogP contribution in [0.5, 0.6) is 5.75 Å². The molecule has 1 aliphatic heterocycles. The molecule has 0 fully saturated rings. The minimum Gasteiger partial charge on any atom is -0.479 e. The summed E-state index contributed by atoms with van der Waals surface area (Å²) in [6.45, 7) is 1.70. The summed E-state index contributed by atoms with van der Waals surface area (Å²) in [5.74, 6) is 0.924. The second-order valence-electron chi connectivity index (χ2n) is 3.35. The summed E-state index contributed by atoms with van der Waals surface area (Å²) in [5, 5.41) is 11.2. The molecule has 1 amide bonds. The van der Waals surface area contributed by atoms with Gasteiger partial charge in [-0.05, 0) is 25.1 Å². The van der Waals surface area contributed by atoms with E-state index in [1.54, 1.807) is 6.92 Å². The van der Waals surface area contributed by atoms with E-state index in [-0.39, 0.29) is 5.91 Å². The molecule has 1 aliphatic rings. The Kier molecular flexibility index (Phi) is 3.02. The Morgan fingerprint density at radius 1 is 1.62 bits per heavy atom. The number of hydrogen-bond acceptors (Lipinski definition) is 4. The average Bonchev–Trinajstić information content (AvgIpc) is 2.28. The third-order valence-corrected chi connectivity index (χ3v) is 3.05. The van der Waals surface area contributed by atoms with E-state index in [0.29, 0.717) is 17.2 Å². The number of nitriles is 1. The van der Waals surface area contributed by atoms with Gasteiger partial charge in [0.15, 0.2) is 6.10 Å². The van der Waals surface area contributed by atoms with Crippen molar-refractivity contribution < 1.29 is 9.53 Å². The fourth-order valence-corrected chi connectivity index (χ4v) is 1.99. The van der Waals surface area contributed by atoms with Crippen LogP contribution in [0.1, 0.15) is 6.92 Å². The van der Waals surface area contributed by atoms with Crippen LogP contribution < -0.4 is 10.1 Å². The maximum Gasteiger partial charge on any atom is 0.265 e. The van der Waals surface area contributed by atoms with Gasteiger partial charge in [0.25, 0.3) is 5.91 Å². The monoisotopic (exact) mass is 234 g/mol. The normalized spacial score (nSPS) is 18.0. The molecule has 82 valence electrons. The molecule has 0 aromatic heterocycles. The van der Waals surface area contributed by atoms with Gasteiger partial charge in [-0.1, -0.05) is 0 Å². The van der Waals surface area contributed by atoms with Gasteiger partial charge in [-0.3, -0.25) is 4.79 Å². The zero-order chi connectivity index (χ0) is 11.5. The highest BCUT2D eigenvalue weighted by Gasteiger charge is 2.23. The van der Waals surface area contributed by atoms with Gasteiger partial charge >= 0.3 is 0 Å². The van der Waals surface area contributed by atoms with Gasteiger partial charge in [0.2, 0.25) is 0 Å². The van der Waals surface area contributed by atoms with E-state index in [9.17, 15) is 4.79 Å². The number of nitrogens with zero attached hydrogens (tertiary/aromatic N) is 1. The van der Waals surface area contributed by atoms with E-state index < -0.39 is 6.10 Å². The molecule has 5 heteroatoms. The van der Waals surface area contributed by atoms with Crippen molar-refractivity contribution in [3.05, 3.63) is 18.2 Å². The fourth-order valence-electron chi connectivity index (χ4n) is 1.39. The number of carbonyl (C=O) groups is 1. The number of hydrogen-bond donors (Lipinski definition) is 1. The van der Waals surface area contributed by atoms with Crippen molar-refractivity contribution in [3.8, 4) is 11.8 Å². The van der Waals surface area contributed by atoms with E-state index in [4.69, 9.17) is 10.00 Å². The number of ether oxygens (including phenoxy) is 1. The highest BCUT2D eigenvalue weighted by Crippen LogP contribution is 2.33. The lowest BCUT2D eigenvalue weighted by Crippen LogP contribution is -2.34. The number of nitrogens with one attached hydrogen (secondary N) is 1. The first-order valence-electron chi connectivity index (χ1n) is 4.82. The summed E-state index contributed by atoms with van der Waals surface area (Å²) in [6, 6.07) is 7.57. The number of carbonyl (C=O) groups excluding carboxylic acids is 1.